The molecule has 0 aromatic carbocycles. The predicted molar refractivity (Wildman–Crippen MR) is 56.3 cm³/mol. The van der Waals surface area contributed by atoms with Crippen LogP contribution in [0.3, 0.4) is 0 Å². The van der Waals surface area contributed by atoms with E-state index in [1.807, 2.05) is 0 Å². The molecule has 0 bridgehead atoms. The van der Waals surface area contributed by atoms with Crippen LogP contribution in [0.15, 0.2) is 0 Å². The van der Waals surface area contributed by atoms with Crippen molar-refractivity contribution >= 4 is 23.1 Å². The molecule has 0 aromatic rings. The summed E-state index contributed by atoms with van der Waals surface area (Å²) in [6.07, 6.45) is 0.416. The van der Waals surface area contributed by atoms with Gasteiger partial charge in [0, 0.05) is 6.42 Å². The van der Waals surface area contributed by atoms with Crippen LogP contribution < -0.4 is 0 Å². The maximum atomic E-state index is 10.2. The second-order valence-corrected chi connectivity index (χ2v) is 10.5. The van der Waals surface area contributed by atoms with E-state index in [2.05, 4.69) is 0 Å². The molecule has 5 nitrogen and oxygen atoms in total. The van der Waals surface area contributed by atoms with Crippen molar-refractivity contribution < 1.29 is 23.6 Å². The van der Waals surface area contributed by atoms with Crippen molar-refractivity contribution in [2.45, 2.75) is 38.5 Å². The maximum Gasteiger partial charge on any atom is 0.323 e. The molecule has 84 valence electrons. The van der Waals surface area contributed by atoms with E-state index in [-0.39, 0.29) is 6.42 Å². The molecule has 0 aliphatic carbocycles. The molecule has 0 amide bonds. The van der Waals surface area contributed by atoms with Crippen molar-refractivity contribution in [3.63, 3.8) is 0 Å². The SMILES string of the molecule is C[Si](C)(O)O[Si](C)(O)CCCC(=O)O. The van der Waals surface area contributed by atoms with Gasteiger partial charge in [0.2, 0.25) is 0 Å². The van der Waals surface area contributed by atoms with Crippen LogP contribution in [-0.4, -0.2) is 37.8 Å². The van der Waals surface area contributed by atoms with Crippen molar-refractivity contribution in [3.05, 3.63) is 0 Å². The van der Waals surface area contributed by atoms with Crippen LogP contribution in [-0.2, 0) is 8.91 Å². The summed E-state index contributed by atoms with van der Waals surface area (Å²) in [5.41, 5.74) is 0. The highest BCUT2D eigenvalue weighted by Gasteiger charge is 2.34. The number of rotatable bonds is 6. The number of carboxylic acids is 1. The van der Waals surface area contributed by atoms with Gasteiger partial charge in [-0.3, -0.25) is 4.79 Å². The van der Waals surface area contributed by atoms with Gasteiger partial charge < -0.3 is 18.8 Å². The molecule has 0 heterocycles. The summed E-state index contributed by atoms with van der Waals surface area (Å²) in [5, 5.41) is 8.40. The van der Waals surface area contributed by atoms with Crippen molar-refractivity contribution in [2.75, 3.05) is 0 Å². The van der Waals surface area contributed by atoms with Crippen molar-refractivity contribution in [1.29, 1.82) is 0 Å². The van der Waals surface area contributed by atoms with Crippen LogP contribution in [0.25, 0.3) is 0 Å². The molecule has 3 N–H and O–H groups in total. The Kier molecular flexibility index (Phi) is 4.95. The highest BCUT2D eigenvalue weighted by molar-refractivity contribution is 6.78. The van der Waals surface area contributed by atoms with Gasteiger partial charge in [0.15, 0.2) is 0 Å². The van der Waals surface area contributed by atoms with E-state index in [4.69, 9.17) is 9.22 Å². The molecule has 0 aliphatic heterocycles. The second-order valence-electron chi connectivity index (χ2n) is 3.97. The highest BCUT2D eigenvalue weighted by Crippen LogP contribution is 2.16. The van der Waals surface area contributed by atoms with Crippen LogP contribution >= 0.6 is 0 Å². The van der Waals surface area contributed by atoms with Gasteiger partial charge in [-0.05, 0) is 32.1 Å². The summed E-state index contributed by atoms with van der Waals surface area (Å²) < 4.78 is 5.20. The topological polar surface area (TPSA) is 87.0 Å². The van der Waals surface area contributed by atoms with E-state index >= 15 is 0 Å². The standard InChI is InChI=1S/C7H18O5Si2/c1-13(2,10)12-14(3,11)6-4-5-7(8)9/h10-11H,4-6H2,1-3H3,(H,8,9). The lowest BCUT2D eigenvalue weighted by atomic mass is 10.3. The first-order valence-corrected chi connectivity index (χ1v) is 9.91. The molecule has 1 atom stereocenters. The van der Waals surface area contributed by atoms with Crippen LogP contribution in [0.2, 0.25) is 25.7 Å². The Morgan fingerprint density at radius 2 is 1.79 bits per heavy atom. The smallest absolute Gasteiger partial charge is 0.323 e. The average molecular weight is 238 g/mol. The number of aliphatic carboxylic acids is 1. The summed E-state index contributed by atoms with van der Waals surface area (Å²) in [7, 11) is -5.56. The average Bonchev–Trinajstić information content (AvgIpc) is 1.78. The third-order valence-electron chi connectivity index (χ3n) is 1.50. The van der Waals surface area contributed by atoms with E-state index in [9.17, 15) is 14.4 Å². The lowest BCUT2D eigenvalue weighted by Gasteiger charge is -2.27. The van der Waals surface area contributed by atoms with Crippen LogP contribution in [0.4, 0.5) is 0 Å². The van der Waals surface area contributed by atoms with Gasteiger partial charge in [0.05, 0.1) is 0 Å². The lowest BCUT2D eigenvalue weighted by molar-refractivity contribution is -0.137. The molecule has 0 spiro atoms. The molecule has 1 unspecified atom stereocenters. The Morgan fingerprint density at radius 1 is 1.29 bits per heavy atom. The molecule has 0 saturated heterocycles. The number of hydrogen-bond donors (Lipinski definition) is 3. The monoisotopic (exact) mass is 238 g/mol. The molecule has 0 rings (SSSR count). The second kappa shape index (κ2) is 5.03. The van der Waals surface area contributed by atoms with Gasteiger partial charge in [-0.2, -0.15) is 0 Å². The minimum Gasteiger partial charge on any atom is -0.481 e. The first-order chi connectivity index (χ1) is 6.12. The lowest BCUT2D eigenvalue weighted by Crippen LogP contribution is -2.46. The first-order valence-electron chi connectivity index (χ1n) is 4.49. The van der Waals surface area contributed by atoms with E-state index in [1.54, 1.807) is 19.6 Å². The molecule has 0 aliphatic rings. The van der Waals surface area contributed by atoms with Gasteiger partial charge in [-0.15, -0.1) is 0 Å². The number of hydrogen-bond acceptors (Lipinski definition) is 4. The largest absolute Gasteiger partial charge is 0.481 e. The first kappa shape index (κ1) is 13.8. The molecule has 0 aromatic heterocycles. The number of carboxylic acid groups (broad SMARTS) is 1. The summed E-state index contributed by atoms with van der Waals surface area (Å²) in [4.78, 5) is 29.4. The Morgan fingerprint density at radius 3 is 2.14 bits per heavy atom. The van der Waals surface area contributed by atoms with Crippen LogP contribution in [0.5, 0.6) is 0 Å². The minimum absolute atomic E-state index is 0.0277. The Bertz CT molecular complexity index is 199. The van der Waals surface area contributed by atoms with E-state index < -0.39 is 23.1 Å². The normalized spacial score (nSPS) is 16.4. The summed E-state index contributed by atoms with van der Waals surface area (Å²) in [6.45, 7) is 4.72. The zero-order valence-corrected chi connectivity index (χ0v) is 10.8. The molecule has 0 fully saturated rings. The van der Waals surface area contributed by atoms with Crippen LogP contribution in [0.1, 0.15) is 12.8 Å². The Balaban J connectivity index is 3.89. The van der Waals surface area contributed by atoms with E-state index in [0.717, 1.165) is 0 Å². The molecule has 0 radical (unpaired) electrons. The van der Waals surface area contributed by atoms with Crippen LogP contribution in [0, 0.1) is 0 Å². The molecular formula is C7H18O5Si2. The Labute approximate surface area is 85.8 Å². The zero-order chi connectivity index (χ0) is 11.4. The van der Waals surface area contributed by atoms with Crippen molar-refractivity contribution in [1.82, 2.24) is 0 Å². The summed E-state index contributed by atoms with van der Waals surface area (Å²) in [6, 6.07) is 0.344. The van der Waals surface area contributed by atoms with Gasteiger partial charge >= 0.3 is 23.1 Å². The fourth-order valence-corrected chi connectivity index (χ4v) is 6.70. The third-order valence-corrected chi connectivity index (χ3v) is 6.54. The minimum atomic E-state index is -2.86. The Hall–Kier alpha value is -0.216. The van der Waals surface area contributed by atoms with E-state index in [1.165, 1.54) is 0 Å². The summed E-state index contributed by atoms with van der Waals surface area (Å²) >= 11 is 0. The van der Waals surface area contributed by atoms with Crippen molar-refractivity contribution in [3.8, 4) is 0 Å². The summed E-state index contributed by atoms with van der Waals surface area (Å²) in [5.74, 6) is -0.879. The maximum absolute atomic E-state index is 10.2. The zero-order valence-electron chi connectivity index (χ0n) is 8.78. The molecule has 7 heteroatoms. The fourth-order valence-electron chi connectivity index (χ4n) is 1.16. The fraction of sp³-hybridized carbons (Fsp3) is 0.857. The molecule has 0 saturated carbocycles. The molecular weight excluding hydrogens is 220 g/mol. The van der Waals surface area contributed by atoms with E-state index in [0.29, 0.717) is 12.5 Å². The van der Waals surface area contributed by atoms with Crippen molar-refractivity contribution in [2.24, 2.45) is 0 Å². The molecule has 14 heavy (non-hydrogen) atoms. The number of carbonyl (C=O) groups is 1. The van der Waals surface area contributed by atoms with Gasteiger partial charge in [-0.1, -0.05) is 0 Å². The van der Waals surface area contributed by atoms with Gasteiger partial charge in [0.25, 0.3) is 0 Å². The van der Waals surface area contributed by atoms with Gasteiger partial charge in [0.1, 0.15) is 0 Å². The third kappa shape index (κ3) is 8.39. The van der Waals surface area contributed by atoms with Gasteiger partial charge in [-0.25, -0.2) is 0 Å². The quantitative estimate of drug-likeness (QED) is 0.591. The predicted octanol–water partition coefficient (Wildman–Crippen LogP) is 0.626. The highest BCUT2D eigenvalue weighted by atomic mass is 28.5.